The Hall–Kier alpha value is -0.210. The van der Waals surface area contributed by atoms with Crippen LogP contribution in [-0.4, -0.2) is 6.18 Å². The number of alkyl halides is 3. The molecule has 0 heterocycles. The van der Waals surface area contributed by atoms with Crippen molar-refractivity contribution in [1.29, 1.82) is 0 Å². The minimum absolute atomic E-state index is 0. The van der Waals surface area contributed by atoms with Crippen molar-refractivity contribution in [2.24, 2.45) is 10.8 Å². The third-order valence-corrected chi connectivity index (χ3v) is 2.39. The van der Waals surface area contributed by atoms with Crippen molar-refractivity contribution in [2.75, 3.05) is 0 Å². The van der Waals surface area contributed by atoms with E-state index in [1.165, 1.54) is 12.8 Å². The molecule has 0 bridgehead atoms. The van der Waals surface area contributed by atoms with Gasteiger partial charge in [0.15, 0.2) is 0 Å². The van der Waals surface area contributed by atoms with Gasteiger partial charge >= 0.3 is 6.18 Å². The average molecular weight is 284 g/mol. The zero-order valence-corrected chi connectivity index (χ0v) is 13.2. The first-order valence-electron chi connectivity index (χ1n) is 6.83. The summed E-state index contributed by atoms with van der Waals surface area (Å²) >= 11 is 0. The van der Waals surface area contributed by atoms with Crippen molar-refractivity contribution in [3.05, 3.63) is 0 Å². The fraction of sp³-hybridized carbons (Fsp3) is 1.00. The highest BCUT2D eigenvalue weighted by molar-refractivity contribution is 4.62. The van der Waals surface area contributed by atoms with Crippen LogP contribution < -0.4 is 0 Å². The molecule has 0 N–H and O–H groups in total. The number of halogens is 3. The summed E-state index contributed by atoms with van der Waals surface area (Å²) in [6.45, 7) is 14.9. The largest absolute Gasteiger partial charge is 0.389 e. The quantitative estimate of drug-likeness (QED) is 0.512. The van der Waals surface area contributed by atoms with E-state index in [4.69, 9.17) is 0 Å². The number of hydrogen-bond donors (Lipinski definition) is 0. The zero-order chi connectivity index (χ0) is 15.0. The fourth-order valence-electron chi connectivity index (χ4n) is 1.57. The Morgan fingerprint density at radius 3 is 1.21 bits per heavy atom. The molecule has 0 radical (unpaired) electrons. The van der Waals surface area contributed by atoms with Gasteiger partial charge in [0.1, 0.15) is 0 Å². The molecular formula is C16H35F3. The molecule has 0 unspecified atom stereocenters. The monoisotopic (exact) mass is 284 g/mol. The van der Waals surface area contributed by atoms with Crippen LogP contribution in [0.25, 0.3) is 0 Å². The summed E-state index contributed by atoms with van der Waals surface area (Å²) < 4.78 is 34.9. The van der Waals surface area contributed by atoms with Gasteiger partial charge in [-0.1, -0.05) is 62.3 Å². The summed E-state index contributed by atoms with van der Waals surface area (Å²) in [6.07, 6.45) is -1.11. The topological polar surface area (TPSA) is 0 Å². The Balaban J connectivity index is -0.000000280. The van der Waals surface area contributed by atoms with E-state index in [9.17, 15) is 13.2 Å². The van der Waals surface area contributed by atoms with E-state index in [2.05, 4.69) is 27.7 Å². The lowest BCUT2D eigenvalue weighted by atomic mass is 9.90. The van der Waals surface area contributed by atoms with Gasteiger partial charge in [-0.3, -0.25) is 0 Å². The Labute approximate surface area is 119 Å². The van der Waals surface area contributed by atoms with Gasteiger partial charge in [0.2, 0.25) is 0 Å². The summed E-state index contributed by atoms with van der Waals surface area (Å²) in [5.41, 5.74) is 0.569. The van der Waals surface area contributed by atoms with E-state index in [0.29, 0.717) is 11.8 Å². The highest BCUT2D eigenvalue weighted by Gasteiger charge is 2.27. The van der Waals surface area contributed by atoms with Crippen molar-refractivity contribution in [1.82, 2.24) is 0 Å². The predicted molar refractivity (Wildman–Crippen MR) is 80.5 cm³/mol. The lowest BCUT2D eigenvalue weighted by Gasteiger charge is -2.17. The van der Waals surface area contributed by atoms with Crippen molar-refractivity contribution >= 4 is 0 Å². The average Bonchev–Trinajstić information content (AvgIpc) is 1.96. The number of hydrogen-bond acceptors (Lipinski definition) is 0. The molecule has 0 rings (SSSR count). The SMILES string of the molecule is C.CC(C)(C)CCCC(F)(F)F.CCCC(C)(C)C. The molecule has 0 nitrogen and oxygen atoms in total. The van der Waals surface area contributed by atoms with Gasteiger partial charge < -0.3 is 0 Å². The standard InChI is InChI=1S/C8H15F3.C7H16.CH4/c1-7(2,3)5-4-6-8(9,10)11;1-5-6-7(2,3)4;/h4-6H2,1-3H3;5-6H2,1-4H3;1H4. The minimum atomic E-state index is -3.98. The highest BCUT2D eigenvalue weighted by Crippen LogP contribution is 2.27. The maximum atomic E-state index is 11.6. The summed E-state index contributed by atoms with van der Waals surface area (Å²) in [5, 5.41) is 0. The van der Waals surface area contributed by atoms with Gasteiger partial charge in [-0.15, -0.1) is 0 Å². The molecule has 0 aromatic carbocycles. The van der Waals surface area contributed by atoms with Gasteiger partial charge in [-0.2, -0.15) is 13.2 Å². The van der Waals surface area contributed by atoms with Crippen LogP contribution in [0, 0.1) is 10.8 Å². The van der Waals surface area contributed by atoms with Crippen LogP contribution in [-0.2, 0) is 0 Å². The molecule has 120 valence electrons. The first-order chi connectivity index (χ1) is 7.77. The van der Waals surface area contributed by atoms with Crippen molar-refractivity contribution < 1.29 is 13.2 Å². The Bertz CT molecular complexity index is 178. The fourth-order valence-corrected chi connectivity index (χ4v) is 1.57. The van der Waals surface area contributed by atoms with Gasteiger partial charge in [0.25, 0.3) is 0 Å². The van der Waals surface area contributed by atoms with Crippen molar-refractivity contribution in [2.45, 2.75) is 94.2 Å². The van der Waals surface area contributed by atoms with E-state index < -0.39 is 12.6 Å². The molecule has 0 atom stereocenters. The molecule has 0 aliphatic rings. The molecule has 19 heavy (non-hydrogen) atoms. The van der Waals surface area contributed by atoms with Crippen LogP contribution in [0.5, 0.6) is 0 Å². The zero-order valence-electron chi connectivity index (χ0n) is 13.2. The highest BCUT2D eigenvalue weighted by atomic mass is 19.4. The van der Waals surface area contributed by atoms with Crippen LogP contribution in [0.15, 0.2) is 0 Å². The van der Waals surface area contributed by atoms with Crippen LogP contribution in [0.2, 0.25) is 0 Å². The Morgan fingerprint density at radius 1 is 0.684 bits per heavy atom. The third-order valence-electron chi connectivity index (χ3n) is 2.39. The lowest BCUT2D eigenvalue weighted by Crippen LogP contribution is -2.10. The maximum Gasteiger partial charge on any atom is 0.389 e. The summed E-state index contributed by atoms with van der Waals surface area (Å²) in [6, 6.07) is 0. The van der Waals surface area contributed by atoms with Gasteiger partial charge in [-0.05, 0) is 30.1 Å². The van der Waals surface area contributed by atoms with Crippen LogP contribution in [0.3, 0.4) is 0 Å². The third kappa shape index (κ3) is 31.9. The maximum absolute atomic E-state index is 11.6. The molecule has 3 heteroatoms. The molecule has 0 amide bonds. The molecule has 0 spiro atoms. The summed E-state index contributed by atoms with van der Waals surface area (Å²) in [7, 11) is 0. The Kier molecular flexibility index (Phi) is 12.1. The van der Waals surface area contributed by atoms with Crippen LogP contribution in [0.4, 0.5) is 13.2 Å². The second-order valence-corrected chi connectivity index (χ2v) is 7.34. The molecule has 0 aliphatic heterocycles. The smallest absolute Gasteiger partial charge is 0.171 e. The van der Waals surface area contributed by atoms with Crippen molar-refractivity contribution in [3.63, 3.8) is 0 Å². The van der Waals surface area contributed by atoms with Gasteiger partial charge in [0, 0.05) is 6.42 Å². The lowest BCUT2D eigenvalue weighted by molar-refractivity contribution is -0.136. The molecule has 0 aromatic heterocycles. The van der Waals surface area contributed by atoms with Gasteiger partial charge in [0.05, 0.1) is 0 Å². The molecule has 0 saturated heterocycles. The van der Waals surface area contributed by atoms with E-state index in [1.807, 2.05) is 20.8 Å². The second-order valence-electron chi connectivity index (χ2n) is 7.34. The van der Waals surface area contributed by atoms with E-state index in [0.717, 1.165) is 0 Å². The van der Waals surface area contributed by atoms with Gasteiger partial charge in [-0.25, -0.2) is 0 Å². The van der Waals surface area contributed by atoms with Crippen molar-refractivity contribution in [3.8, 4) is 0 Å². The molecule has 0 aliphatic carbocycles. The normalized spacial score (nSPS) is 12.3. The van der Waals surface area contributed by atoms with Crippen LogP contribution in [0.1, 0.15) is 88.0 Å². The summed E-state index contributed by atoms with van der Waals surface area (Å²) in [5.74, 6) is 0. The summed E-state index contributed by atoms with van der Waals surface area (Å²) in [4.78, 5) is 0. The second kappa shape index (κ2) is 9.66. The number of rotatable bonds is 3. The first kappa shape index (κ1) is 23.9. The molecule has 0 saturated carbocycles. The van der Waals surface area contributed by atoms with E-state index in [1.54, 1.807) is 0 Å². The molecular weight excluding hydrogens is 249 g/mol. The van der Waals surface area contributed by atoms with E-state index >= 15 is 0 Å². The minimum Gasteiger partial charge on any atom is -0.171 e. The predicted octanol–water partition coefficient (Wildman–Crippen LogP) is 7.23. The molecule has 0 fully saturated rings. The van der Waals surface area contributed by atoms with E-state index in [-0.39, 0.29) is 19.3 Å². The van der Waals surface area contributed by atoms with Crippen LogP contribution >= 0.6 is 0 Å². The first-order valence-corrected chi connectivity index (χ1v) is 6.83. The Morgan fingerprint density at radius 2 is 1.05 bits per heavy atom. The molecule has 0 aromatic rings.